The fourth-order valence-corrected chi connectivity index (χ4v) is 3.64. The van der Waals surface area contributed by atoms with Gasteiger partial charge < -0.3 is 19.1 Å². The Kier molecular flexibility index (Phi) is 5.65. The van der Waals surface area contributed by atoms with Crippen molar-refractivity contribution in [1.29, 1.82) is 0 Å². The highest BCUT2D eigenvalue weighted by atomic mass is 35.6. The maximum Gasteiger partial charge on any atom is 0.389 e. The first-order chi connectivity index (χ1) is 12.8. The molecule has 0 radical (unpaired) electrons. The maximum absolute atomic E-state index is 12.9. The Hall–Kier alpha value is -1.08. The minimum absolute atomic E-state index is 0.102. The van der Waals surface area contributed by atoms with E-state index < -0.39 is 15.7 Å². The molecular formula is C19H25Cl3N2O4. The molecule has 156 valence electrons. The van der Waals surface area contributed by atoms with Gasteiger partial charge in [-0.05, 0) is 37.0 Å². The number of urea groups is 1. The fourth-order valence-electron chi connectivity index (χ4n) is 3.27. The van der Waals surface area contributed by atoms with Crippen LogP contribution in [-0.2, 0) is 10.2 Å². The first-order valence-corrected chi connectivity index (χ1v) is 10.3. The molecule has 0 spiro atoms. The second-order valence-corrected chi connectivity index (χ2v) is 10.6. The van der Waals surface area contributed by atoms with Gasteiger partial charge in [0.25, 0.3) is 3.79 Å². The summed E-state index contributed by atoms with van der Waals surface area (Å²) in [5.41, 5.74) is 0.921. The zero-order chi connectivity index (χ0) is 20.9. The largest absolute Gasteiger partial charge is 0.428 e. The van der Waals surface area contributed by atoms with Crippen LogP contribution < -0.4 is 14.8 Å². The SMILES string of the molecule is C[C@@H]1CN(C(=O)N[C@@]2(C(Cl)(Cl)Cl)Oc3ccc(C(C)(C)C)cc3O2)C[C@H](C)O1. The molecule has 0 bridgehead atoms. The third-order valence-electron chi connectivity index (χ3n) is 4.67. The van der Waals surface area contributed by atoms with E-state index in [0.717, 1.165) is 5.56 Å². The lowest BCUT2D eigenvalue weighted by Crippen LogP contribution is -2.66. The molecule has 1 N–H and O–H groups in total. The van der Waals surface area contributed by atoms with E-state index in [2.05, 4.69) is 26.1 Å². The Morgan fingerprint density at radius 3 is 2.21 bits per heavy atom. The molecule has 6 nitrogen and oxygen atoms in total. The number of alkyl halides is 3. The molecule has 1 aromatic carbocycles. The number of benzene rings is 1. The molecule has 3 rings (SSSR count). The van der Waals surface area contributed by atoms with E-state index in [-0.39, 0.29) is 17.6 Å². The van der Waals surface area contributed by atoms with Crippen molar-refractivity contribution in [3.8, 4) is 11.5 Å². The average molecular weight is 452 g/mol. The molecule has 28 heavy (non-hydrogen) atoms. The molecule has 2 amide bonds. The van der Waals surface area contributed by atoms with Crippen LogP contribution in [0.25, 0.3) is 0 Å². The Labute approximate surface area is 180 Å². The summed E-state index contributed by atoms with van der Waals surface area (Å²) in [4.78, 5) is 14.5. The number of nitrogens with zero attached hydrogens (tertiary/aromatic N) is 1. The van der Waals surface area contributed by atoms with Gasteiger partial charge in [-0.2, -0.15) is 0 Å². The molecular weight excluding hydrogens is 427 g/mol. The van der Waals surface area contributed by atoms with Gasteiger partial charge in [0.05, 0.1) is 12.2 Å². The third kappa shape index (κ3) is 4.25. The lowest BCUT2D eigenvalue weighted by Gasteiger charge is -2.39. The molecule has 0 unspecified atom stereocenters. The summed E-state index contributed by atoms with van der Waals surface area (Å²) in [6.07, 6.45) is -0.203. The Morgan fingerprint density at radius 2 is 1.68 bits per heavy atom. The number of hydrogen-bond donors (Lipinski definition) is 1. The van der Waals surface area contributed by atoms with E-state index in [4.69, 9.17) is 49.0 Å². The number of morpholine rings is 1. The average Bonchev–Trinajstić information content (AvgIpc) is 2.91. The fraction of sp³-hybridized carbons (Fsp3) is 0.632. The molecule has 2 aliphatic heterocycles. The van der Waals surface area contributed by atoms with E-state index >= 15 is 0 Å². The molecule has 0 aromatic heterocycles. The Bertz CT molecular complexity index is 753. The second kappa shape index (κ2) is 7.31. The normalized spacial score (nSPS) is 27.6. The molecule has 0 aliphatic carbocycles. The van der Waals surface area contributed by atoms with Crippen molar-refractivity contribution in [2.24, 2.45) is 0 Å². The molecule has 1 aromatic rings. The maximum atomic E-state index is 12.9. The van der Waals surface area contributed by atoms with Gasteiger partial charge in [0.1, 0.15) is 0 Å². The van der Waals surface area contributed by atoms with Gasteiger partial charge in [-0.3, -0.25) is 5.32 Å². The minimum atomic E-state index is -2.08. The number of carbonyl (C=O) groups excluding carboxylic acids is 1. The first kappa shape index (κ1) is 21.6. The highest BCUT2D eigenvalue weighted by Gasteiger charge is 2.60. The van der Waals surface area contributed by atoms with E-state index in [9.17, 15) is 4.79 Å². The summed E-state index contributed by atoms with van der Waals surface area (Å²) >= 11 is 18.5. The van der Waals surface area contributed by atoms with Gasteiger partial charge in [-0.1, -0.05) is 61.6 Å². The first-order valence-electron chi connectivity index (χ1n) is 9.12. The van der Waals surface area contributed by atoms with Crippen molar-refractivity contribution >= 4 is 40.8 Å². The van der Waals surface area contributed by atoms with Crippen LogP contribution >= 0.6 is 34.8 Å². The zero-order valence-corrected chi connectivity index (χ0v) is 18.8. The molecule has 2 heterocycles. The van der Waals surface area contributed by atoms with Crippen LogP contribution in [0.5, 0.6) is 11.5 Å². The van der Waals surface area contributed by atoms with Crippen LogP contribution in [0, 0.1) is 0 Å². The molecule has 1 fully saturated rings. The molecule has 2 aliphatic rings. The number of nitrogens with one attached hydrogen (secondary N) is 1. The van der Waals surface area contributed by atoms with Crippen molar-refractivity contribution < 1.29 is 19.0 Å². The smallest absolute Gasteiger partial charge is 0.389 e. The number of rotatable bonds is 1. The lowest BCUT2D eigenvalue weighted by atomic mass is 9.87. The van der Waals surface area contributed by atoms with Gasteiger partial charge in [0.2, 0.25) is 0 Å². The highest BCUT2D eigenvalue weighted by Crippen LogP contribution is 2.49. The van der Waals surface area contributed by atoms with Gasteiger partial charge in [0.15, 0.2) is 11.5 Å². The van der Waals surface area contributed by atoms with Crippen molar-refractivity contribution in [1.82, 2.24) is 10.2 Å². The highest BCUT2D eigenvalue weighted by molar-refractivity contribution is 6.68. The number of hydrogen-bond acceptors (Lipinski definition) is 4. The Morgan fingerprint density at radius 1 is 1.11 bits per heavy atom. The number of ether oxygens (including phenoxy) is 3. The van der Waals surface area contributed by atoms with Crippen LogP contribution in [0.2, 0.25) is 0 Å². The van der Waals surface area contributed by atoms with E-state index in [1.54, 1.807) is 11.0 Å². The van der Waals surface area contributed by atoms with Crippen LogP contribution in [0.4, 0.5) is 4.79 Å². The van der Waals surface area contributed by atoms with E-state index in [1.165, 1.54) is 0 Å². The van der Waals surface area contributed by atoms with Crippen LogP contribution in [-0.4, -0.2) is 45.9 Å². The molecule has 1 saturated heterocycles. The quantitative estimate of drug-likeness (QED) is 0.634. The van der Waals surface area contributed by atoms with Crippen molar-refractivity contribution in [2.75, 3.05) is 13.1 Å². The standard InChI is InChI=1S/C19H25Cl3N2O4/c1-11-9-24(10-12(2)26-11)16(25)23-19(18(20,21)22)27-14-7-6-13(17(3,4)5)8-15(14)28-19/h6-8,11-12H,9-10H2,1-5H3,(H,23,25)/t11-,12+,19-/m0/s1. The van der Waals surface area contributed by atoms with Gasteiger partial charge >= 0.3 is 11.9 Å². The summed E-state index contributed by atoms with van der Waals surface area (Å²) in [6.45, 7) is 10.8. The Balaban J connectivity index is 1.86. The summed E-state index contributed by atoms with van der Waals surface area (Å²) in [5.74, 6) is -1.18. The van der Waals surface area contributed by atoms with Gasteiger partial charge in [-0.15, -0.1) is 0 Å². The van der Waals surface area contributed by atoms with Crippen LogP contribution in [0.3, 0.4) is 0 Å². The minimum Gasteiger partial charge on any atom is -0.428 e. The predicted molar refractivity (Wildman–Crippen MR) is 110 cm³/mol. The number of halogens is 3. The monoisotopic (exact) mass is 450 g/mol. The third-order valence-corrected chi connectivity index (χ3v) is 5.42. The lowest BCUT2D eigenvalue weighted by molar-refractivity contribution is -0.102. The number of amides is 2. The van der Waals surface area contributed by atoms with Gasteiger partial charge in [-0.25, -0.2) is 4.79 Å². The van der Waals surface area contributed by atoms with Crippen LogP contribution in [0.15, 0.2) is 18.2 Å². The van der Waals surface area contributed by atoms with Crippen molar-refractivity contribution in [3.05, 3.63) is 23.8 Å². The molecule has 0 saturated carbocycles. The van der Waals surface area contributed by atoms with E-state index in [1.807, 2.05) is 26.0 Å². The predicted octanol–water partition coefficient (Wildman–Crippen LogP) is 4.60. The van der Waals surface area contributed by atoms with Crippen molar-refractivity contribution in [3.63, 3.8) is 0 Å². The second-order valence-electron chi connectivity index (χ2n) is 8.32. The molecule has 3 atom stereocenters. The van der Waals surface area contributed by atoms with Crippen LogP contribution in [0.1, 0.15) is 40.2 Å². The summed E-state index contributed by atoms with van der Waals surface area (Å²) < 4.78 is 15.3. The number of carbonyl (C=O) groups is 1. The summed E-state index contributed by atoms with van der Waals surface area (Å²) in [5, 5.41) is 2.64. The summed E-state index contributed by atoms with van der Waals surface area (Å²) in [7, 11) is 0. The van der Waals surface area contributed by atoms with Crippen molar-refractivity contribution in [2.45, 2.75) is 61.9 Å². The molecule has 9 heteroatoms. The number of fused-ring (bicyclic) bond motifs is 1. The zero-order valence-electron chi connectivity index (χ0n) is 16.5. The summed E-state index contributed by atoms with van der Waals surface area (Å²) in [6, 6.07) is 5.04. The van der Waals surface area contributed by atoms with E-state index in [0.29, 0.717) is 24.6 Å². The van der Waals surface area contributed by atoms with Gasteiger partial charge in [0, 0.05) is 13.1 Å². The topological polar surface area (TPSA) is 60.0 Å².